The minimum atomic E-state index is -4.29. The maximum absolute atomic E-state index is 13.2. The molecule has 16 heavy (non-hydrogen) atoms. The fraction of sp³-hybridized carbons (Fsp3) is 1.00. The molecule has 0 bridgehead atoms. The number of rotatable bonds is 3. The highest BCUT2D eigenvalue weighted by Gasteiger charge is 2.98. The van der Waals surface area contributed by atoms with Crippen molar-refractivity contribution < 1.29 is 26.7 Å². The molecule has 1 aliphatic rings. The zero-order valence-corrected chi connectivity index (χ0v) is 10.5. The van der Waals surface area contributed by atoms with Gasteiger partial charge in [-0.05, 0) is 11.6 Å². The van der Waals surface area contributed by atoms with E-state index < -0.39 is 26.0 Å². The van der Waals surface area contributed by atoms with Crippen molar-refractivity contribution in [3.8, 4) is 0 Å². The van der Waals surface area contributed by atoms with Crippen LogP contribution in [0, 0.1) is 0 Å². The zero-order chi connectivity index (χ0) is 13.2. The third-order valence-electron chi connectivity index (χ3n) is 1.74. The lowest BCUT2D eigenvalue weighted by molar-refractivity contribution is -0.223. The molecule has 0 spiro atoms. The molecule has 3 atom stereocenters. The smallest absolute Gasteiger partial charge is 0.283 e. The minimum Gasteiger partial charge on any atom is -0.283 e. The lowest BCUT2D eigenvalue weighted by atomic mass is 10.6. The molecule has 1 fully saturated rings. The van der Waals surface area contributed by atoms with Gasteiger partial charge in [0.1, 0.15) is 0 Å². The Morgan fingerprint density at radius 2 is 1.19 bits per heavy atom. The Hall–Kier alpha value is 1.06. The average molecular weight is 348 g/mol. The van der Waals surface area contributed by atoms with Crippen LogP contribution in [0.2, 0.25) is 0 Å². The van der Waals surface area contributed by atoms with Gasteiger partial charge in [0, 0.05) is 0 Å². The number of alkyl halides is 10. The molecule has 0 aliphatic heterocycles. The van der Waals surface area contributed by atoms with Gasteiger partial charge in [0.05, 0.1) is 0 Å². The molecule has 0 aromatic rings. The summed E-state index contributed by atoms with van der Waals surface area (Å²) in [5.41, 5.74) is 0. The molecule has 0 aromatic heterocycles. The van der Waals surface area contributed by atoms with Crippen molar-refractivity contribution in [1.82, 2.24) is 0 Å². The maximum Gasteiger partial charge on any atom is 0.353 e. The first kappa shape index (κ1) is 15.1. The largest absolute Gasteiger partial charge is 0.353 e. The summed E-state index contributed by atoms with van der Waals surface area (Å²) < 4.78 is 64.0. The number of hydrogen-bond donors (Lipinski definition) is 0. The molecule has 3 unspecified atom stereocenters. The van der Waals surface area contributed by atoms with Gasteiger partial charge in [-0.2, -0.15) is 8.78 Å². The lowest BCUT2D eigenvalue weighted by Gasteiger charge is -2.25. The Bertz CT molecular complexity index is 299. The van der Waals surface area contributed by atoms with Crippen LogP contribution in [0.25, 0.3) is 0 Å². The van der Waals surface area contributed by atoms with Crippen LogP contribution in [0.3, 0.4) is 0 Å². The molecule has 1 saturated carbocycles. The first-order valence-electron chi connectivity index (χ1n) is 3.30. The Kier molecular flexibility index (Phi) is 3.35. The van der Waals surface area contributed by atoms with Crippen molar-refractivity contribution in [2.75, 3.05) is 0 Å². The molecule has 96 valence electrons. The highest BCUT2D eigenvalue weighted by molar-refractivity contribution is 6.51. The summed E-state index contributed by atoms with van der Waals surface area (Å²) >= 11 is 22.8. The quantitative estimate of drug-likeness (QED) is 0.541. The van der Waals surface area contributed by atoms with Gasteiger partial charge in [-0.1, -0.05) is 46.4 Å². The Labute approximate surface area is 111 Å². The summed E-state index contributed by atoms with van der Waals surface area (Å²) in [6.45, 7) is 0. The highest BCUT2D eigenvalue weighted by Crippen LogP contribution is 2.73. The van der Waals surface area contributed by atoms with Crippen LogP contribution in [0.15, 0.2) is 0 Å². The van der Waals surface area contributed by atoms with Gasteiger partial charge in [0.2, 0.25) is 0 Å². The molecule has 0 aromatic carbocycles. The van der Waals surface area contributed by atoms with E-state index in [0.717, 1.165) is 0 Å². The highest BCUT2D eigenvalue weighted by atomic mass is 35.5. The second-order valence-electron chi connectivity index (χ2n) is 2.86. The molecule has 0 N–H and O–H groups in total. The predicted octanol–water partition coefficient (Wildman–Crippen LogP) is 4.45. The molecule has 11 heteroatoms. The van der Waals surface area contributed by atoms with Crippen LogP contribution in [0.4, 0.5) is 22.0 Å². The predicted molar refractivity (Wildman–Crippen MR) is 49.5 cm³/mol. The standard InChI is InChI=1S/C5Cl5F5O/c6-1(11)2(7,12)3(1,13)16-5(10,15)4(8,9)14. The van der Waals surface area contributed by atoms with Crippen LogP contribution in [0.1, 0.15) is 0 Å². The van der Waals surface area contributed by atoms with Gasteiger partial charge in [-0.3, -0.25) is 4.74 Å². The van der Waals surface area contributed by atoms with E-state index in [1.807, 2.05) is 0 Å². The molecule has 0 radical (unpaired) electrons. The van der Waals surface area contributed by atoms with Crippen molar-refractivity contribution in [1.29, 1.82) is 0 Å². The topological polar surface area (TPSA) is 9.23 Å². The first-order valence-corrected chi connectivity index (χ1v) is 5.19. The molecular formula is C5Cl5F5O. The molecule has 0 amide bonds. The molecule has 1 aliphatic carbocycles. The Morgan fingerprint density at radius 1 is 0.875 bits per heavy atom. The van der Waals surface area contributed by atoms with E-state index in [9.17, 15) is 22.0 Å². The van der Waals surface area contributed by atoms with Crippen molar-refractivity contribution in [2.24, 2.45) is 0 Å². The first-order chi connectivity index (χ1) is 6.71. The molecule has 0 heterocycles. The van der Waals surface area contributed by atoms with Crippen LogP contribution in [-0.2, 0) is 4.74 Å². The van der Waals surface area contributed by atoms with E-state index in [4.69, 9.17) is 0 Å². The van der Waals surface area contributed by atoms with Gasteiger partial charge >= 0.3 is 15.8 Å². The van der Waals surface area contributed by atoms with E-state index in [1.54, 1.807) is 0 Å². The van der Waals surface area contributed by atoms with E-state index in [0.29, 0.717) is 0 Å². The normalized spacial score (nSPS) is 47.6. The van der Waals surface area contributed by atoms with E-state index in [1.165, 1.54) is 0 Å². The number of ether oxygens (including phenoxy) is 1. The second-order valence-corrected chi connectivity index (χ2v) is 5.62. The van der Waals surface area contributed by atoms with Gasteiger partial charge in [-0.15, -0.1) is 0 Å². The summed E-state index contributed by atoms with van der Waals surface area (Å²) in [7, 11) is 0. The second kappa shape index (κ2) is 3.54. The summed E-state index contributed by atoms with van der Waals surface area (Å²) in [6.07, 6.45) is 0. The van der Waals surface area contributed by atoms with Crippen molar-refractivity contribution >= 4 is 58.0 Å². The van der Waals surface area contributed by atoms with Gasteiger partial charge in [0.15, 0.2) is 0 Å². The Balaban J connectivity index is 2.94. The van der Waals surface area contributed by atoms with E-state index >= 15 is 0 Å². The van der Waals surface area contributed by atoms with Crippen molar-refractivity contribution in [3.05, 3.63) is 0 Å². The summed E-state index contributed by atoms with van der Waals surface area (Å²) in [5.74, 6) is -4.24. The maximum atomic E-state index is 13.2. The van der Waals surface area contributed by atoms with Crippen LogP contribution in [0.5, 0.6) is 0 Å². The molecule has 1 rings (SSSR count). The number of halogens is 10. The van der Waals surface area contributed by atoms with E-state index in [2.05, 4.69) is 62.7 Å². The van der Waals surface area contributed by atoms with Crippen LogP contribution >= 0.6 is 58.0 Å². The SMILES string of the molecule is FC(Cl)(Cl)C(F)(Cl)OC1(F)C(F)(Cl)C1(F)Cl. The third-order valence-corrected chi connectivity index (χ3v) is 3.86. The monoisotopic (exact) mass is 346 g/mol. The molecule has 1 nitrogen and oxygen atoms in total. The van der Waals surface area contributed by atoms with Crippen LogP contribution in [-0.4, -0.2) is 26.0 Å². The minimum absolute atomic E-state index is 3.31. The lowest BCUT2D eigenvalue weighted by Crippen LogP contribution is -2.41. The third kappa shape index (κ3) is 1.77. The summed E-state index contributed by atoms with van der Waals surface area (Å²) in [6, 6.07) is 0. The van der Waals surface area contributed by atoms with Gasteiger partial charge in [0.25, 0.3) is 10.3 Å². The van der Waals surface area contributed by atoms with Crippen molar-refractivity contribution in [2.45, 2.75) is 26.0 Å². The van der Waals surface area contributed by atoms with Crippen LogP contribution < -0.4 is 0 Å². The van der Waals surface area contributed by atoms with Gasteiger partial charge in [-0.25, -0.2) is 13.2 Å². The molecular weight excluding hydrogens is 348 g/mol. The Morgan fingerprint density at radius 3 is 1.38 bits per heavy atom. The summed E-state index contributed by atoms with van der Waals surface area (Å²) in [5, 5.41) is -12.2. The van der Waals surface area contributed by atoms with E-state index in [-0.39, 0.29) is 0 Å². The summed E-state index contributed by atoms with van der Waals surface area (Å²) in [4.78, 5) is 0. The fourth-order valence-electron chi connectivity index (χ4n) is 0.726. The van der Waals surface area contributed by atoms with Crippen molar-refractivity contribution in [3.63, 3.8) is 0 Å². The van der Waals surface area contributed by atoms with Gasteiger partial charge < -0.3 is 0 Å². The average Bonchev–Trinajstić information content (AvgIpc) is 2.25. The zero-order valence-electron chi connectivity index (χ0n) is 6.69. The molecule has 0 saturated heterocycles. The number of hydrogen-bond acceptors (Lipinski definition) is 1. The fourth-order valence-corrected chi connectivity index (χ4v) is 1.44.